The number of rotatable bonds is 10. The van der Waals surface area contributed by atoms with Crippen molar-refractivity contribution in [3.8, 4) is 5.75 Å². The van der Waals surface area contributed by atoms with Gasteiger partial charge in [-0.15, -0.1) is 0 Å². The molecule has 1 N–H and O–H groups in total. The predicted molar refractivity (Wildman–Crippen MR) is 119 cm³/mol. The van der Waals surface area contributed by atoms with Crippen LogP contribution in [0.25, 0.3) is 11.0 Å². The van der Waals surface area contributed by atoms with Gasteiger partial charge in [-0.05, 0) is 37.1 Å². The summed E-state index contributed by atoms with van der Waals surface area (Å²) in [5.41, 5.74) is 4.20. The summed E-state index contributed by atoms with van der Waals surface area (Å²) in [5.74, 6) is 0.908. The second-order valence-corrected chi connectivity index (χ2v) is 7.18. The number of likely N-dealkylation sites (N-methyl/N-ethyl adjacent to an activating group) is 1. The van der Waals surface area contributed by atoms with Crippen LogP contribution in [0.15, 0.2) is 54.5 Å². The highest BCUT2D eigenvalue weighted by Gasteiger charge is 2.09. The van der Waals surface area contributed by atoms with E-state index in [0.717, 1.165) is 41.0 Å². The Labute approximate surface area is 177 Å². The molecule has 7 heteroatoms. The Balaban J connectivity index is 1.67. The lowest BCUT2D eigenvalue weighted by atomic mass is 10.1. The van der Waals surface area contributed by atoms with Gasteiger partial charge in [0.25, 0.3) is 0 Å². The molecule has 2 heterocycles. The molecule has 0 saturated carbocycles. The molecule has 1 aromatic carbocycles. The molecular formula is C23H29N5O2. The fraction of sp³-hybridized carbons (Fsp3) is 0.348. The van der Waals surface area contributed by atoms with Gasteiger partial charge in [0, 0.05) is 43.5 Å². The summed E-state index contributed by atoms with van der Waals surface area (Å²) >= 11 is 0. The molecule has 0 aliphatic rings. The molecule has 7 nitrogen and oxygen atoms in total. The van der Waals surface area contributed by atoms with Crippen molar-refractivity contribution in [1.29, 1.82) is 5.41 Å². The number of nitrogens with one attached hydrogen (secondary N) is 1. The van der Waals surface area contributed by atoms with E-state index in [1.54, 1.807) is 26.6 Å². The lowest BCUT2D eigenvalue weighted by molar-refractivity contribution is 0.184. The molecule has 0 saturated heterocycles. The van der Waals surface area contributed by atoms with E-state index >= 15 is 0 Å². The Bertz CT molecular complexity index is 1040. The van der Waals surface area contributed by atoms with Crippen LogP contribution >= 0.6 is 0 Å². The van der Waals surface area contributed by atoms with Gasteiger partial charge >= 0.3 is 0 Å². The topological polar surface area (TPSA) is 76.3 Å². The number of para-hydroxylation sites is 1. The molecule has 0 unspecified atom stereocenters. The summed E-state index contributed by atoms with van der Waals surface area (Å²) < 4.78 is 12.4. The largest absolute Gasteiger partial charge is 0.496 e. The fourth-order valence-electron chi connectivity index (χ4n) is 3.24. The molecule has 158 valence electrons. The van der Waals surface area contributed by atoms with Crippen molar-refractivity contribution in [1.82, 2.24) is 19.7 Å². The Hall–Kier alpha value is -3.19. The standard InChI is InChI=1S/C23H29N5O2/c1-17(27(2)10-9-18-7-5-6-8-22(18)30-4)13-21(24)19-14-20-16-26-28(11-12-29-3)23(20)25-15-19/h5-8,13-16,24H,9-12H2,1-4H3/b17-13+,24-21?. The maximum absolute atomic E-state index is 8.50. The molecule has 0 aliphatic carbocycles. The number of allylic oxidation sites excluding steroid dienone is 2. The van der Waals surface area contributed by atoms with Crippen LogP contribution in [-0.4, -0.2) is 59.8 Å². The molecule has 0 bridgehead atoms. The molecule has 0 amide bonds. The molecular weight excluding hydrogens is 378 g/mol. The highest BCUT2D eigenvalue weighted by molar-refractivity contribution is 6.08. The smallest absolute Gasteiger partial charge is 0.157 e. The molecule has 30 heavy (non-hydrogen) atoms. The molecule has 0 spiro atoms. The number of hydrogen-bond acceptors (Lipinski definition) is 6. The van der Waals surface area contributed by atoms with Crippen molar-refractivity contribution in [3.63, 3.8) is 0 Å². The average molecular weight is 408 g/mol. The van der Waals surface area contributed by atoms with Crippen molar-refractivity contribution >= 4 is 16.7 Å². The number of hydrogen-bond donors (Lipinski definition) is 1. The van der Waals surface area contributed by atoms with Crippen LogP contribution in [0.3, 0.4) is 0 Å². The molecule has 2 aromatic heterocycles. The van der Waals surface area contributed by atoms with Crippen LogP contribution in [-0.2, 0) is 17.7 Å². The lowest BCUT2D eigenvalue weighted by Gasteiger charge is -2.20. The van der Waals surface area contributed by atoms with Crippen molar-refractivity contribution in [3.05, 3.63) is 65.6 Å². The molecule has 0 aliphatic heterocycles. The van der Waals surface area contributed by atoms with Crippen molar-refractivity contribution in [2.45, 2.75) is 19.9 Å². The quantitative estimate of drug-likeness (QED) is 0.520. The monoisotopic (exact) mass is 407 g/mol. The third-order valence-corrected chi connectivity index (χ3v) is 5.16. The third-order valence-electron chi connectivity index (χ3n) is 5.16. The average Bonchev–Trinajstić information content (AvgIpc) is 3.18. The number of aromatic nitrogens is 3. The maximum Gasteiger partial charge on any atom is 0.157 e. The Morgan fingerprint density at radius 2 is 2.03 bits per heavy atom. The van der Waals surface area contributed by atoms with Gasteiger partial charge in [-0.2, -0.15) is 5.10 Å². The predicted octanol–water partition coefficient (Wildman–Crippen LogP) is 3.53. The van der Waals surface area contributed by atoms with Crippen molar-refractivity contribution in [2.75, 3.05) is 34.4 Å². The van der Waals surface area contributed by atoms with Crippen LogP contribution in [0.5, 0.6) is 5.75 Å². The summed E-state index contributed by atoms with van der Waals surface area (Å²) in [7, 11) is 5.40. The van der Waals surface area contributed by atoms with Gasteiger partial charge < -0.3 is 19.8 Å². The van der Waals surface area contributed by atoms with Gasteiger partial charge in [0.15, 0.2) is 5.65 Å². The first-order chi connectivity index (χ1) is 14.5. The zero-order chi connectivity index (χ0) is 21.5. The minimum atomic E-state index is 0.427. The van der Waals surface area contributed by atoms with Gasteiger partial charge in [-0.3, -0.25) is 0 Å². The van der Waals surface area contributed by atoms with Crippen LogP contribution in [0.1, 0.15) is 18.1 Å². The molecule has 0 radical (unpaired) electrons. The summed E-state index contributed by atoms with van der Waals surface area (Å²) in [4.78, 5) is 6.66. The fourth-order valence-corrected chi connectivity index (χ4v) is 3.24. The zero-order valence-electron chi connectivity index (χ0n) is 18.1. The first-order valence-corrected chi connectivity index (χ1v) is 9.94. The summed E-state index contributed by atoms with van der Waals surface area (Å²) in [6.45, 7) is 4.09. The normalized spacial score (nSPS) is 11.7. The van der Waals surface area contributed by atoms with E-state index in [9.17, 15) is 0 Å². The second kappa shape index (κ2) is 10.0. The minimum absolute atomic E-state index is 0.427. The number of nitrogens with zero attached hydrogens (tertiary/aromatic N) is 4. The van der Waals surface area contributed by atoms with Crippen LogP contribution < -0.4 is 4.74 Å². The molecule has 3 aromatic rings. The lowest BCUT2D eigenvalue weighted by Crippen LogP contribution is -2.20. The molecule has 3 rings (SSSR count). The minimum Gasteiger partial charge on any atom is -0.496 e. The van der Waals surface area contributed by atoms with E-state index in [1.165, 1.54) is 5.56 Å². The van der Waals surface area contributed by atoms with Crippen LogP contribution in [0.2, 0.25) is 0 Å². The Morgan fingerprint density at radius 1 is 1.23 bits per heavy atom. The molecule has 0 fully saturated rings. The highest BCUT2D eigenvalue weighted by Crippen LogP contribution is 2.19. The van der Waals surface area contributed by atoms with Gasteiger partial charge in [0.05, 0.1) is 32.2 Å². The maximum atomic E-state index is 8.50. The number of benzene rings is 1. The number of fused-ring (bicyclic) bond motifs is 1. The zero-order valence-corrected chi connectivity index (χ0v) is 18.1. The first kappa shape index (κ1) is 21.5. The van der Waals surface area contributed by atoms with E-state index in [0.29, 0.717) is 18.9 Å². The van der Waals surface area contributed by atoms with Crippen molar-refractivity contribution in [2.24, 2.45) is 0 Å². The number of ether oxygens (including phenoxy) is 2. The van der Waals surface area contributed by atoms with E-state index < -0.39 is 0 Å². The van der Waals surface area contributed by atoms with E-state index in [1.807, 2.05) is 49.0 Å². The molecule has 0 atom stereocenters. The van der Waals surface area contributed by atoms with Crippen molar-refractivity contribution < 1.29 is 9.47 Å². The van der Waals surface area contributed by atoms with E-state index in [2.05, 4.69) is 21.0 Å². The highest BCUT2D eigenvalue weighted by atomic mass is 16.5. The van der Waals surface area contributed by atoms with Gasteiger partial charge in [-0.25, -0.2) is 9.67 Å². The SMILES string of the molecule is COCCn1ncc2cc(C(=N)/C=C(\C)N(C)CCc3ccccc3OC)cnc21. The van der Waals surface area contributed by atoms with E-state index in [4.69, 9.17) is 14.9 Å². The summed E-state index contributed by atoms with van der Waals surface area (Å²) in [6, 6.07) is 10.0. The second-order valence-electron chi connectivity index (χ2n) is 7.18. The van der Waals surface area contributed by atoms with Crippen LogP contribution in [0, 0.1) is 5.41 Å². The summed E-state index contributed by atoms with van der Waals surface area (Å²) in [6.07, 6.45) is 6.26. The Kier molecular flexibility index (Phi) is 7.19. The van der Waals surface area contributed by atoms with E-state index in [-0.39, 0.29) is 0 Å². The third kappa shape index (κ3) is 5.04. The van der Waals surface area contributed by atoms with Crippen LogP contribution in [0.4, 0.5) is 0 Å². The number of methoxy groups -OCH3 is 2. The number of pyridine rings is 1. The summed E-state index contributed by atoms with van der Waals surface area (Å²) in [5, 5.41) is 13.8. The van der Waals surface area contributed by atoms with Gasteiger partial charge in [0.1, 0.15) is 5.75 Å². The first-order valence-electron chi connectivity index (χ1n) is 9.94. The van der Waals surface area contributed by atoms with Gasteiger partial charge in [-0.1, -0.05) is 18.2 Å². The Morgan fingerprint density at radius 3 is 2.80 bits per heavy atom. The van der Waals surface area contributed by atoms with Gasteiger partial charge in [0.2, 0.25) is 0 Å².